The number of aryl methyl sites for hydroxylation is 1. The Morgan fingerprint density at radius 2 is 2.12 bits per heavy atom. The van der Waals surface area contributed by atoms with Crippen LogP contribution in [0.25, 0.3) is 0 Å². The first-order valence-corrected chi connectivity index (χ1v) is 5.80. The van der Waals surface area contributed by atoms with Crippen LogP contribution in [0, 0.1) is 0 Å². The summed E-state index contributed by atoms with van der Waals surface area (Å²) in [5.74, 6) is 0.947. The SMILES string of the molecule is CCc1ccccc1OCC(CCO)NC. The van der Waals surface area contributed by atoms with Gasteiger partial charge >= 0.3 is 0 Å². The van der Waals surface area contributed by atoms with E-state index in [-0.39, 0.29) is 12.6 Å². The second kappa shape index (κ2) is 7.25. The minimum absolute atomic E-state index is 0.185. The number of para-hydroxylation sites is 1. The molecule has 3 nitrogen and oxygen atoms in total. The van der Waals surface area contributed by atoms with Crippen LogP contribution in [0.2, 0.25) is 0 Å². The molecule has 3 heteroatoms. The third kappa shape index (κ3) is 3.83. The van der Waals surface area contributed by atoms with Crippen LogP contribution in [0.3, 0.4) is 0 Å². The quantitative estimate of drug-likeness (QED) is 0.737. The average molecular weight is 223 g/mol. The lowest BCUT2D eigenvalue weighted by atomic mass is 10.1. The number of rotatable bonds is 7. The lowest BCUT2D eigenvalue weighted by Crippen LogP contribution is -2.32. The van der Waals surface area contributed by atoms with Crippen LogP contribution in [-0.2, 0) is 6.42 Å². The first-order valence-electron chi connectivity index (χ1n) is 5.80. The van der Waals surface area contributed by atoms with E-state index in [1.54, 1.807) is 0 Å². The van der Waals surface area contributed by atoms with E-state index in [4.69, 9.17) is 9.84 Å². The van der Waals surface area contributed by atoms with Gasteiger partial charge in [-0.25, -0.2) is 0 Å². The predicted molar refractivity (Wildman–Crippen MR) is 65.9 cm³/mol. The van der Waals surface area contributed by atoms with Gasteiger partial charge in [0.2, 0.25) is 0 Å². The van der Waals surface area contributed by atoms with E-state index in [1.807, 2.05) is 25.2 Å². The Labute approximate surface area is 97.4 Å². The highest BCUT2D eigenvalue weighted by atomic mass is 16.5. The summed E-state index contributed by atoms with van der Waals surface area (Å²) < 4.78 is 5.76. The molecule has 2 N–H and O–H groups in total. The number of aliphatic hydroxyl groups excluding tert-OH is 1. The molecule has 0 aliphatic rings. The summed E-state index contributed by atoms with van der Waals surface area (Å²) in [7, 11) is 1.88. The van der Waals surface area contributed by atoms with Crippen molar-refractivity contribution in [3.8, 4) is 5.75 Å². The summed E-state index contributed by atoms with van der Waals surface area (Å²) in [5.41, 5.74) is 1.22. The minimum Gasteiger partial charge on any atom is -0.492 e. The van der Waals surface area contributed by atoms with Gasteiger partial charge in [0.25, 0.3) is 0 Å². The summed E-state index contributed by atoms with van der Waals surface area (Å²) in [6, 6.07) is 8.28. The van der Waals surface area contributed by atoms with E-state index < -0.39 is 0 Å². The molecule has 1 aromatic carbocycles. The molecule has 0 fully saturated rings. The Bertz CT molecular complexity index is 302. The predicted octanol–water partition coefficient (Wildman–Crippen LogP) is 1.60. The van der Waals surface area contributed by atoms with E-state index in [0.29, 0.717) is 13.0 Å². The van der Waals surface area contributed by atoms with Crippen molar-refractivity contribution in [3.63, 3.8) is 0 Å². The van der Waals surface area contributed by atoms with Crippen molar-refractivity contribution < 1.29 is 9.84 Å². The fourth-order valence-electron chi connectivity index (χ4n) is 1.59. The second-order valence-corrected chi connectivity index (χ2v) is 3.77. The molecule has 1 rings (SSSR count). The minimum atomic E-state index is 0.185. The molecule has 1 atom stereocenters. The first kappa shape index (κ1) is 13.0. The highest BCUT2D eigenvalue weighted by molar-refractivity contribution is 5.33. The van der Waals surface area contributed by atoms with Gasteiger partial charge in [0.1, 0.15) is 12.4 Å². The van der Waals surface area contributed by atoms with Gasteiger partial charge in [-0.3, -0.25) is 0 Å². The van der Waals surface area contributed by atoms with Gasteiger partial charge in [0.05, 0.1) is 0 Å². The van der Waals surface area contributed by atoms with E-state index in [0.717, 1.165) is 12.2 Å². The summed E-state index contributed by atoms with van der Waals surface area (Å²) in [6.07, 6.45) is 1.69. The van der Waals surface area contributed by atoms with Crippen molar-refractivity contribution >= 4 is 0 Å². The molecule has 0 aliphatic carbocycles. The van der Waals surface area contributed by atoms with Crippen LogP contribution >= 0.6 is 0 Å². The Morgan fingerprint density at radius 3 is 2.75 bits per heavy atom. The molecular formula is C13H21NO2. The molecule has 0 saturated carbocycles. The third-order valence-corrected chi connectivity index (χ3v) is 2.68. The molecule has 0 saturated heterocycles. The number of likely N-dealkylation sites (N-methyl/N-ethyl adjacent to an activating group) is 1. The molecule has 0 bridgehead atoms. The lowest BCUT2D eigenvalue weighted by Gasteiger charge is -2.17. The van der Waals surface area contributed by atoms with Crippen molar-refractivity contribution in [2.75, 3.05) is 20.3 Å². The zero-order valence-corrected chi connectivity index (χ0v) is 10.1. The number of hydrogen-bond acceptors (Lipinski definition) is 3. The fraction of sp³-hybridized carbons (Fsp3) is 0.538. The number of hydrogen-bond donors (Lipinski definition) is 2. The van der Waals surface area contributed by atoms with Gasteiger partial charge in [0, 0.05) is 12.6 Å². The van der Waals surface area contributed by atoms with E-state index in [2.05, 4.69) is 18.3 Å². The average Bonchev–Trinajstić information content (AvgIpc) is 2.34. The summed E-state index contributed by atoms with van der Waals surface area (Å²) in [6.45, 7) is 2.89. The maximum absolute atomic E-state index is 8.87. The Balaban J connectivity index is 2.52. The smallest absolute Gasteiger partial charge is 0.122 e. The molecule has 16 heavy (non-hydrogen) atoms. The van der Waals surface area contributed by atoms with Gasteiger partial charge in [-0.15, -0.1) is 0 Å². The van der Waals surface area contributed by atoms with E-state index in [9.17, 15) is 0 Å². The largest absolute Gasteiger partial charge is 0.492 e. The molecular weight excluding hydrogens is 202 g/mol. The van der Waals surface area contributed by atoms with Gasteiger partial charge in [-0.1, -0.05) is 25.1 Å². The van der Waals surface area contributed by atoms with Crippen LogP contribution in [0.15, 0.2) is 24.3 Å². The monoisotopic (exact) mass is 223 g/mol. The van der Waals surface area contributed by atoms with Crippen molar-refractivity contribution in [2.24, 2.45) is 0 Å². The Kier molecular flexibility index (Phi) is 5.90. The van der Waals surface area contributed by atoms with Crippen molar-refractivity contribution in [1.29, 1.82) is 0 Å². The number of aliphatic hydroxyl groups is 1. The van der Waals surface area contributed by atoms with Crippen LogP contribution in [0.4, 0.5) is 0 Å². The summed E-state index contributed by atoms with van der Waals surface area (Å²) in [5, 5.41) is 12.0. The van der Waals surface area contributed by atoms with E-state index in [1.165, 1.54) is 5.56 Å². The van der Waals surface area contributed by atoms with Crippen molar-refractivity contribution in [1.82, 2.24) is 5.32 Å². The molecule has 1 unspecified atom stereocenters. The van der Waals surface area contributed by atoms with Crippen LogP contribution in [-0.4, -0.2) is 31.4 Å². The fourth-order valence-corrected chi connectivity index (χ4v) is 1.59. The summed E-state index contributed by atoms with van der Waals surface area (Å²) >= 11 is 0. The van der Waals surface area contributed by atoms with Crippen LogP contribution < -0.4 is 10.1 Å². The van der Waals surface area contributed by atoms with Crippen molar-refractivity contribution in [2.45, 2.75) is 25.8 Å². The Hall–Kier alpha value is -1.06. The summed E-state index contributed by atoms with van der Waals surface area (Å²) in [4.78, 5) is 0. The number of benzene rings is 1. The Morgan fingerprint density at radius 1 is 1.38 bits per heavy atom. The lowest BCUT2D eigenvalue weighted by molar-refractivity contribution is 0.218. The standard InChI is InChI=1S/C13H21NO2/c1-3-11-6-4-5-7-13(11)16-10-12(14-2)8-9-15/h4-7,12,14-15H,3,8-10H2,1-2H3. The topological polar surface area (TPSA) is 41.5 Å². The van der Waals surface area contributed by atoms with Gasteiger partial charge in [-0.2, -0.15) is 0 Å². The highest BCUT2D eigenvalue weighted by Crippen LogP contribution is 2.18. The zero-order valence-electron chi connectivity index (χ0n) is 10.1. The molecule has 0 aliphatic heterocycles. The molecule has 0 amide bonds. The molecule has 0 aromatic heterocycles. The van der Waals surface area contributed by atoms with E-state index >= 15 is 0 Å². The number of nitrogens with one attached hydrogen (secondary N) is 1. The van der Waals surface area contributed by atoms with Gasteiger partial charge in [0.15, 0.2) is 0 Å². The zero-order chi connectivity index (χ0) is 11.8. The normalized spacial score (nSPS) is 12.4. The molecule has 90 valence electrons. The van der Waals surface area contributed by atoms with Crippen LogP contribution in [0.1, 0.15) is 18.9 Å². The second-order valence-electron chi connectivity index (χ2n) is 3.77. The third-order valence-electron chi connectivity index (χ3n) is 2.68. The molecule has 0 heterocycles. The maximum Gasteiger partial charge on any atom is 0.122 e. The highest BCUT2D eigenvalue weighted by Gasteiger charge is 2.07. The van der Waals surface area contributed by atoms with Crippen LogP contribution in [0.5, 0.6) is 5.75 Å². The molecule has 1 aromatic rings. The van der Waals surface area contributed by atoms with Gasteiger partial charge < -0.3 is 15.2 Å². The van der Waals surface area contributed by atoms with Gasteiger partial charge in [-0.05, 0) is 31.5 Å². The molecule has 0 spiro atoms. The van der Waals surface area contributed by atoms with Crippen molar-refractivity contribution in [3.05, 3.63) is 29.8 Å². The maximum atomic E-state index is 8.87. The molecule has 0 radical (unpaired) electrons. The number of ether oxygens (including phenoxy) is 1. The first-order chi connectivity index (χ1) is 7.81.